The molecule has 0 saturated heterocycles. The minimum Gasteiger partial charge on any atom is -0.274 e. The molecule has 2 atom stereocenters. The van der Waals surface area contributed by atoms with E-state index in [-0.39, 0.29) is 24.2 Å². The highest BCUT2D eigenvalue weighted by atomic mass is 32.1. The maximum absolute atomic E-state index is 15.2. The molecule has 4 aromatic rings. The van der Waals surface area contributed by atoms with Gasteiger partial charge in [0, 0.05) is 55.9 Å². The Morgan fingerprint density at radius 2 is 0.543 bits per heavy atom. The number of hydrogen-bond donors (Lipinski definition) is 0. The summed E-state index contributed by atoms with van der Waals surface area (Å²) >= 11 is 2.53. The predicted molar refractivity (Wildman–Crippen MR) is 400 cm³/mol. The summed E-state index contributed by atoms with van der Waals surface area (Å²) in [5.41, 5.74) is 2.21. The standard InChI is InChI=1S/C84H128N4O4S2/c1-5-9-13-17-21-25-27-31-37-45-53-67(51-43-35-29-23-19-15-11-7-3)55-47-39-33-41-49-61-87-81(89)73-63-72(76-60-58-70(66-86)94-76)80-78-74(64-71(79(77(73)78)83(87)91)75-59-57-69(65-85)93-75)82(90)88(84(80)92)62-50-42-34-40-48-56-68(52-44-36-30-24-20-16-12-8-4)54-46-38-32-28-26-22-18-14-10-6-2/h57-60,63-64,67-68H,5-56,61-62H2,1-4H3. The van der Waals surface area contributed by atoms with Crippen molar-refractivity contribution in [3.63, 3.8) is 0 Å². The van der Waals surface area contributed by atoms with E-state index in [4.69, 9.17) is 0 Å². The van der Waals surface area contributed by atoms with Gasteiger partial charge in [-0.3, -0.25) is 29.0 Å². The number of nitriles is 2. The number of benzene rings is 2. The van der Waals surface area contributed by atoms with Crippen LogP contribution in [0.1, 0.15) is 413 Å². The van der Waals surface area contributed by atoms with Crippen molar-refractivity contribution in [3.05, 3.63) is 68.4 Å². The summed E-state index contributed by atoms with van der Waals surface area (Å²) in [6.45, 7) is 9.68. The Kier molecular flexibility index (Phi) is 39.5. The van der Waals surface area contributed by atoms with Crippen molar-refractivity contribution in [1.82, 2.24) is 9.80 Å². The summed E-state index contributed by atoms with van der Waals surface area (Å²) in [4.78, 5) is 65.7. The minimum absolute atomic E-state index is 0.257. The first kappa shape index (κ1) is 78.4. The monoisotopic (exact) mass is 1320 g/mol. The molecule has 520 valence electrons. The zero-order valence-corrected chi connectivity index (χ0v) is 61.7. The molecule has 10 heteroatoms. The molecule has 0 fully saturated rings. The van der Waals surface area contributed by atoms with Gasteiger partial charge in [0.25, 0.3) is 23.6 Å². The molecule has 94 heavy (non-hydrogen) atoms. The highest BCUT2D eigenvalue weighted by Crippen LogP contribution is 2.48. The first-order chi connectivity index (χ1) is 46.2. The fraction of sp³-hybridized carbons (Fsp3) is 0.714. The second kappa shape index (κ2) is 47.3. The third kappa shape index (κ3) is 26.3. The lowest BCUT2D eigenvalue weighted by Crippen LogP contribution is -2.44. The van der Waals surface area contributed by atoms with E-state index in [1.807, 2.05) is 12.1 Å². The Bertz CT molecular complexity index is 2710. The van der Waals surface area contributed by atoms with Crippen LogP contribution in [0.2, 0.25) is 0 Å². The molecule has 0 saturated carbocycles. The molecule has 2 aliphatic rings. The molecule has 2 aromatic heterocycles. The van der Waals surface area contributed by atoms with Gasteiger partial charge in [-0.25, -0.2) is 0 Å². The molecular weight excluding hydrogens is 1190 g/mol. The van der Waals surface area contributed by atoms with E-state index < -0.39 is 23.6 Å². The summed E-state index contributed by atoms with van der Waals surface area (Å²) in [6, 6.07) is 15.2. The van der Waals surface area contributed by atoms with Crippen LogP contribution in [0.3, 0.4) is 0 Å². The van der Waals surface area contributed by atoms with E-state index in [0.717, 1.165) is 50.4 Å². The topological polar surface area (TPSA) is 122 Å². The number of imide groups is 2. The van der Waals surface area contributed by atoms with E-state index in [1.165, 1.54) is 315 Å². The lowest BCUT2D eigenvalue weighted by Gasteiger charge is -2.34. The smallest absolute Gasteiger partial charge is 0.262 e. The van der Waals surface area contributed by atoms with E-state index in [0.29, 0.717) is 65.4 Å². The molecule has 0 spiro atoms. The number of rotatable bonds is 58. The molecule has 2 unspecified atom stereocenters. The van der Waals surface area contributed by atoms with Crippen LogP contribution in [0.15, 0.2) is 36.4 Å². The number of amides is 4. The van der Waals surface area contributed by atoms with Gasteiger partial charge in [0.15, 0.2) is 0 Å². The van der Waals surface area contributed by atoms with Gasteiger partial charge < -0.3 is 0 Å². The molecule has 0 radical (unpaired) electrons. The average Bonchev–Trinajstić information content (AvgIpc) is 0.719. The molecule has 0 bridgehead atoms. The Balaban J connectivity index is 1.09. The van der Waals surface area contributed by atoms with Crippen LogP contribution in [0.25, 0.3) is 31.7 Å². The van der Waals surface area contributed by atoms with Crippen molar-refractivity contribution in [2.45, 2.75) is 362 Å². The molecule has 4 amide bonds. The number of thiophene rings is 2. The molecule has 4 heterocycles. The molecule has 6 rings (SSSR count). The van der Waals surface area contributed by atoms with Crippen LogP contribution in [0.5, 0.6) is 0 Å². The van der Waals surface area contributed by atoms with Crippen molar-refractivity contribution >= 4 is 57.1 Å². The minimum atomic E-state index is -0.427. The SMILES string of the molecule is CCCCCCCCCCCCC(CCCCCCCCCC)CCCCCCCN1C(=O)c2cc(-c3ccc(C#N)s3)c3c4c(cc(-c5ccc(C#N)s5)c(c24)C1=O)C(=O)N(CCCCCCCC(CCCCCCCCCC)CCCCCCCCCCCC)C3=O. The third-order valence-corrected chi connectivity index (χ3v) is 23.1. The van der Waals surface area contributed by atoms with Crippen molar-refractivity contribution < 1.29 is 19.2 Å². The van der Waals surface area contributed by atoms with Gasteiger partial charge in [-0.05, 0) is 61.1 Å². The number of unbranched alkanes of at least 4 members (excludes halogenated alkanes) is 40. The zero-order chi connectivity index (χ0) is 66.8. The first-order valence-electron chi connectivity index (χ1n) is 39.6. The van der Waals surface area contributed by atoms with Gasteiger partial charge in [-0.15, -0.1) is 22.7 Å². The predicted octanol–water partition coefficient (Wildman–Crippen LogP) is 26.8. The van der Waals surface area contributed by atoms with Crippen LogP contribution < -0.4 is 0 Å². The highest BCUT2D eigenvalue weighted by Gasteiger charge is 2.43. The van der Waals surface area contributed by atoms with E-state index >= 15 is 19.2 Å². The number of hydrogen-bond acceptors (Lipinski definition) is 8. The summed E-state index contributed by atoms with van der Waals surface area (Å²) in [6.07, 6.45) is 67.1. The number of nitrogens with zero attached hydrogens (tertiary/aromatic N) is 4. The third-order valence-electron chi connectivity index (χ3n) is 21.1. The Morgan fingerprint density at radius 3 is 0.777 bits per heavy atom. The number of carbonyl (C=O) groups is 4. The maximum Gasteiger partial charge on any atom is 0.262 e. The summed E-state index contributed by atoms with van der Waals surface area (Å²) in [7, 11) is 0. The Labute approximate surface area is 581 Å². The van der Waals surface area contributed by atoms with E-state index in [9.17, 15) is 10.5 Å². The molecule has 2 aliphatic heterocycles. The van der Waals surface area contributed by atoms with Gasteiger partial charge in [-0.2, -0.15) is 10.5 Å². The number of carbonyl (C=O) groups excluding carboxylic acids is 4. The first-order valence-corrected chi connectivity index (χ1v) is 41.2. The fourth-order valence-electron chi connectivity index (χ4n) is 15.3. The Hall–Kier alpha value is -4.64. The molecular formula is C84H128N4O4S2. The highest BCUT2D eigenvalue weighted by molar-refractivity contribution is 7.16. The van der Waals surface area contributed by atoms with Crippen LogP contribution >= 0.6 is 22.7 Å². The normalized spacial score (nSPS) is 13.6. The molecule has 8 nitrogen and oxygen atoms in total. The van der Waals surface area contributed by atoms with Gasteiger partial charge in [0.1, 0.15) is 21.9 Å². The fourth-order valence-corrected chi connectivity index (χ4v) is 17.0. The van der Waals surface area contributed by atoms with Crippen LogP contribution in [-0.4, -0.2) is 46.5 Å². The van der Waals surface area contributed by atoms with Crippen molar-refractivity contribution in [2.75, 3.05) is 13.1 Å². The largest absolute Gasteiger partial charge is 0.274 e. The van der Waals surface area contributed by atoms with Gasteiger partial charge >= 0.3 is 0 Å². The lowest BCUT2D eigenvalue weighted by molar-refractivity contribution is 0.0587. The second-order valence-electron chi connectivity index (χ2n) is 28.8. The van der Waals surface area contributed by atoms with Gasteiger partial charge in [0.05, 0.1) is 11.1 Å². The lowest BCUT2D eigenvalue weighted by atomic mass is 9.80. The second-order valence-corrected chi connectivity index (χ2v) is 31.0. The van der Waals surface area contributed by atoms with Crippen molar-refractivity contribution in [2.24, 2.45) is 11.8 Å². The molecule has 0 aliphatic carbocycles. The van der Waals surface area contributed by atoms with Crippen molar-refractivity contribution in [3.8, 4) is 33.0 Å². The van der Waals surface area contributed by atoms with Crippen LogP contribution in [-0.2, 0) is 0 Å². The maximum atomic E-state index is 15.2. The summed E-state index contributed by atoms with van der Waals surface area (Å²) in [5.74, 6) is -0.114. The quantitative estimate of drug-likeness (QED) is 0.0320. The van der Waals surface area contributed by atoms with Crippen LogP contribution in [0, 0.1) is 34.5 Å². The zero-order valence-electron chi connectivity index (χ0n) is 60.0. The van der Waals surface area contributed by atoms with Crippen molar-refractivity contribution in [1.29, 1.82) is 10.5 Å². The van der Waals surface area contributed by atoms with Gasteiger partial charge in [0.2, 0.25) is 0 Å². The summed E-state index contributed by atoms with van der Waals surface area (Å²) < 4.78 is 0. The van der Waals surface area contributed by atoms with E-state index in [2.05, 4.69) is 39.8 Å². The van der Waals surface area contributed by atoms with Gasteiger partial charge in [-0.1, -0.05) is 349 Å². The molecule has 0 N–H and O–H groups in total. The summed E-state index contributed by atoms with van der Waals surface area (Å²) in [5, 5.41) is 20.7. The Morgan fingerprint density at radius 1 is 0.309 bits per heavy atom. The average molecular weight is 1320 g/mol. The van der Waals surface area contributed by atoms with Crippen LogP contribution in [0.4, 0.5) is 0 Å². The van der Waals surface area contributed by atoms with E-state index in [1.54, 1.807) is 24.3 Å². The molecule has 2 aromatic carbocycles.